The van der Waals surface area contributed by atoms with E-state index >= 15 is 0 Å². The highest BCUT2D eigenvalue weighted by molar-refractivity contribution is 5.70. The third-order valence-electron chi connectivity index (χ3n) is 5.34. The number of ether oxygens (including phenoxy) is 2. The van der Waals surface area contributed by atoms with Crippen LogP contribution >= 0.6 is 0 Å². The van der Waals surface area contributed by atoms with Gasteiger partial charge in [-0.25, -0.2) is 0 Å². The van der Waals surface area contributed by atoms with Crippen molar-refractivity contribution in [3.63, 3.8) is 0 Å². The van der Waals surface area contributed by atoms with Gasteiger partial charge in [0.25, 0.3) is 0 Å². The van der Waals surface area contributed by atoms with Crippen molar-refractivity contribution in [2.24, 2.45) is 11.8 Å². The molecule has 0 aromatic carbocycles. The van der Waals surface area contributed by atoms with Crippen LogP contribution in [0.5, 0.6) is 0 Å². The molecule has 206 valence electrons. The Bertz CT molecular complexity index is 380. The lowest BCUT2D eigenvalue weighted by Gasteiger charge is -2.08. The lowest BCUT2D eigenvalue weighted by Crippen LogP contribution is -2.12. The molecular formula is C26H54O8. The molecule has 34 heavy (non-hydrogen) atoms. The van der Waals surface area contributed by atoms with E-state index < -0.39 is 11.9 Å². The van der Waals surface area contributed by atoms with Crippen LogP contribution in [0.1, 0.15) is 105 Å². The lowest BCUT2D eigenvalue weighted by molar-refractivity contribution is -0.143. The zero-order chi connectivity index (χ0) is 26.5. The van der Waals surface area contributed by atoms with Crippen LogP contribution in [0.15, 0.2) is 0 Å². The Labute approximate surface area is 208 Å². The molecule has 0 saturated heterocycles. The highest BCUT2D eigenvalue weighted by Gasteiger charge is 2.14. The SMILES string of the molecule is CCCCCCC(CC)C(=O)O.CCCCCCC(CC)C(=O)O.OCCOCCOCCO. The van der Waals surface area contributed by atoms with E-state index in [0.717, 1.165) is 38.5 Å². The molecule has 0 aliphatic rings. The van der Waals surface area contributed by atoms with Crippen molar-refractivity contribution in [1.29, 1.82) is 0 Å². The number of hydrogen-bond acceptors (Lipinski definition) is 6. The van der Waals surface area contributed by atoms with Crippen molar-refractivity contribution >= 4 is 11.9 Å². The molecule has 4 N–H and O–H groups in total. The van der Waals surface area contributed by atoms with Gasteiger partial charge in [-0.3, -0.25) is 9.59 Å². The van der Waals surface area contributed by atoms with E-state index in [2.05, 4.69) is 13.8 Å². The zero-order valence-corrected chi connectivity index (χ0v) is 22.3. The molecule has 8 heteroatoms. The van der Waals surface area contributed by atoms with Crippen LogP contribution in [-0.4, -0.2) is 72.0 Å². The summed E-state index contributed by atoms with van der Waals surface area (Å²) in [6, 6.07) is 0. The first-order chi connectivity index (χ1) is 16.4. The second-order valence-electron chi connectivity index (χ2n) is 8.26. The summed E-state index contributed by atoms with van der Waals surface area (Å²) in [5.74, 6) is -1.48. The van der Waals surface area contributed by atoms with Crippen molar-refractivity contribution in [3.8, 4) is 0 Å². The third-order valence-corrected chi connectivity index (χ3v) is 5.34. The summed E-state index contributed by atoms with van der Waals surface area (Å²) in [6.07, 6.45) is 12.6. The standard InChI is InChI=1S/2C10H20O2.C6H14O4/c2*1-3-5-6-7-8-9(4-2)10(11)12;7-1-3-9-5-6-10-4-2-8/h2*9H,3-8H2,1-2H3,(H,11,12);7-8H,1-6H2. The Kier molecular flexibility index (Phi) is 34.9. The summed E-state index contributed by atoms with van der Waals surface area (Å²) in [5.41, 5.74) is 0. The predicted molar refractivity (Wildman–Crippen MR) is 136 cm³/mol. The molecule has 0 aliphatic carbocycles. The van der Waals surface area contributed by atoms with E-state index in [9.17, 15) is 9.59 Å². The fourth-order valence-electron chi connectivity index (χ4n) is 3.09. The first-order valence-electron chi connectivity index (χ1n) is 13.2. The summed E-state index contributed by atoms with van der Waals surface area (Å²) in [5, 5.41) is 34.0. The monoisotopic (exact) mass is 494 g/mol. The van der Waals surface area contributed by atoms with Gasteiger partial charge in [0.05, 0.1) is 51.5 Å². The number of hydrogen-bond donors (Lipinski definition) is 4. The smallest absolute Gasteiger partial charge is 0.306 e. The van der Waals surface area contributed by atoms with Crippen LogP contribution in [0.2, 0.25) is 0 Å². The summed E-state index contributed by atoms with van der Waals surface area (Å²) in [4.78, 5) is 21.2. The molecular weight excluding hydrogens is 440 g/mol. The van der Waals surface area contributed by atoms with E-state index in [1.54, 1.807) is 0 Å². The van der Waals surface area contributed by atoms with Gasteiger partial charge in [0.2, 0.25) is 0 Å². The summed E-state index contributed by atoms with van der Waals surface area (Å²) < 4.78 is 9.75. The van der Waals surface area contributed by atoms with Gasteiger partial charge in [0.1, 0.15) is 0 Å². The van der Waals surface area contributed by atoms with Gasteiger partial charge in [-0.15, -0.1) is 0 Å². The topological polar surface area (TPSA) is 134 Å². The molecule has 2 atom stereocenters. The van der Waals surface area contributed by atoms with Gasteiger partial charge in [0.15, 0.2) is 0 Å². The Morgan fingerprint density at radius 1 is 0.588 bits per heavy atom. The molecule has 0 aromatic heterocycles. The molecule has 0 radical (unpaired) electrons. The van der Waals surface area contributed by atoms with E-state index in [1.807, 2.05) is 13.8 Å². The molecule has 0 bridgehead atoms. The van der Waals surface area contributed by atoms with Crippen molar-refractivity contribution in [2.45, 2.75) is 105 Å². The van der Waals surface area contributed by atoms with Gasteiger partial charge in [-0.2, -0.15) is 0 Å². The number of carbonyl (C=O) groups is 2. The minimum atomic E-state index is -0.631. The van der Waals surface area contributed by atoms with Crippen LogP contribution < -0.4 is 0 Å². The van der Waals surface area contributed by atoms with Crippen LogP contribution in [0.3, 0.4) is 0 Å². The number of aliphatic hydroxyl groups is 2. The maximum Gasteiger partial charge on any atom is 0.306 e. The minimum Gasteiger partial charge on any atom is -0.481 e. The number of unbranched alkanes of at least 4 members (excludes halogenated alkanes) is 6. The quantitative estimate of drug-likeness (QED) is 0.161. The van der Waals surface area contributed by atoms with Crippen LogP contribution in [0.4, 0.5) is 0 Å². The van der Waals surface area contributed by atoms with Gasteiger partial charge in [0, 0.05) is 0 Å². The van der Waals surface area contributed by atoms with Crippen molar-refractivity contribution in [3.05, 3.63) is 0 Å². The van der Waals surface area contributed by atoms with Gasteiger partial charge in [-0.05, 0) is 25.7 Å². The Morgan fingerprint density at radius 2 is 0.941 bits per heavy atom. The zero-order valence-electron chi connectivity index (χ0n) is 22.3. The molecule has 0 amide bonds. The minimum absolute atomic E-state index is 0.0417. The molecule has 0 saturated carbocycles. The summed E-state index contributed by atoms with van der Waals surface area (Å²) in [7, 11) is 0. The van der Waals surface area contributed by atoms with E-state index in [0.29, 0.717) is 26.4 Å². The molecule has 0 aliphatic heterocycles. The number of aliphatic carboxylic acids is 2. The average molecular weight is 495 g/mol. The molecule has 0 spiro atoms. The number of carboxylic acids is 2. The number of rotatable bonds is 21. The van der Waals surface area contributed by atoms with Crippen LogP contribution in [0, 0.1) is 11.8 Å². The molecule has 0 heterocycles. The van der Waals surface area contributed by atoms with Gasteiger partial charge in [-0.1, -0.05) is 79.1 Å². The fourth-order valence-corrected chi connectivity index (χ4v) is 3.09. The van der Waals surface area contributed by atoms with Crippen molar-refractivity contribution < 1.29 is 39.5 Å². The van der Waals surface area contributed by atoms with Crippen LogP contribution in [0.25, 0.3) is 0 Å². The molecule has 0 rings (SSSR count). The average Bonchev–Trinajstić information content (AvgIpc) is 2.82. The lowest BCUT2D eigenvalue weighted by atomic mass is 9.99. The molecule has 0 fully saturated rings. The Morgan fingerprint density at radius 3 is 1.18 bits per heavy atom. The third kappa shape index (κ3) is 30.8. The second kappa shape index (κ2) is 31.8. The van der Waals surface area contributed by atoms with E-state index in [1.165, 1.54) is 38.5 Å². The largest absolute Gasteiger partial charge is 0.481 e. The van der Waals surface area contributed by atoms with E-state index in [4.69, 9.17) is 29.9 Å². The highest BCUT2D eigenvalue weighted by Crippen LogP contribution is 2.14. The Balaban J connectivity index is -0.000000426. The second-order valence-corrected chi connectivity index (χ2v) is 8.26. The first-order valence-corrected chi connectivity index (χ1v) is 13.2. The number of aliphatic hydroxyl groups excluding tert-OH is 2. The fraction of sp³-hybridized carbons (Fsp3) is 0.923. The first kappa shape index (κ1) is 37.3. The van der Waals surface area contributed by atoms with Gasteiger partial charge >= 0.3 is 11.9 Å². The van der Waals surface area contributed by atoms with E-state index in [-0.39, 0.29) is 25.0 Å². The van der Waals surface area contributed by atoms with Crippen LogP contribution in [-0.2, 0) is 19.1 Å². The summed E-state index contributed by atoms with van der Waals surface area (Å²) >= 11 is 0. The van der Waals surface area contributed by atoms with Gasteiger partial charge < -0.3 is 29.9 Å². The predicted octanol–water partition coefficient (Wildman–Crippen LogP) is 5.14. The molecule has 8 nitrogen and oxygen atoms in total. The molecule has 0 aromatic rings. The normalized spacial score (nSPS) is 12.1. The number of carboxylic acid groups (broad SMARTS) is 2. The maximum atomic E-state index is 10.6. The summed E-state index contributed by atoms with van der Waals surface area (Å²) in [6.45, 7) is 9.94. The van der Waals surface area contributed by atoms with Crippen molar-refractivity contribution in [1.82, 2.24) is 0 Å². The highest BCUT2D eigenvalue weighted by atomic mass is 16.5. The Hall–Kier alpha value is -1.22. The van der Waals surface area contributed by atoms with Crippen molar-refractivity contribution in [2.75, 3.05) is 39.6 Å². The maximum absolute atomic E-state index is 10.6. The molecule has 2 unspecified atom stereocenters.